The summed E-state index contributed by atoms with van der Waals surface area (Å²) in [7, 11) is 0. The number of nitrogens with one attached hydrogen (secondary N) is 1. The highest BCUT2D eigenvalue weighted by atomic mass is 32.1. The number of morpholine rings is 1. The van der Waals surface area contributed by atoms with Gasteiger partial charge in [-0.2, -0.15) is 5.10 Å². The average molecular weight is 447 g/mol. The highest BCUT2D eigenvalue weighted by molar-refractivity contribution is 7.64. The molecule has 1 aliphatic heterocycles. The van der Waals surface area contributed by atoms with Crippen molar-refractivity contribution in [1.29, 1.82) is 0 Å². The van der Waals surface area contributed by atoms with Gasteiger partial charge in [-0.15, -0.1) is 0 Å². The molecule has 0 spiro atoms. The number of ether oxygens (including phenoxy) is 1. The molecule has 0 radical (unpaired) electrons. The minimum Gasteiger partial charge on any atom is -0.377 e. The van der Waals surface area contributed by atoms with Crippen LogP contribution in [0.4, 0.5) is 5.82 Å². The first-order valence-corrected chi connectivity index (χ1v) is 11.6. The van der Waals surface area contributed by atoms with Gasteiger partial charge in [0.25, 0.3) is 5.75 Å². The Bertz CT molecular complexity index is 1260. The van der Waals surface area contributed by atoms with Gasteiger partial charge in [-0.3, -0.25) is 10.1 Å². The zero-order chi connectivity index (χ0) is 22.1. The molecule has 0 aliphatic carbocycles. The van der Waals surface area contributed by atoms with Crippen molar-refractivity contribution in [1.82, 2.24) is 20.2 Å². The van der Waals surface area contributed by atoms with Gasteiger partial charge in [-0.05, 0) is 42.7 Å². The molecule has 1 saturated heterocycles. The molecule has 0 bridgehead atoms. The lowest BCUT2D eigenvalue weighted by molar-refractivity contribution is 0.0986. The molecular weight excluding hydrogens is 422 g/mol. The lowest BCUT2D eigenvalue weighted by Crippen LogP contribution is -2.44. The first kappa shape index (κ1) is 20.7. The van der Waals surface area contributed by atoms with Crippen LogP contribution in [0.25, 0.3) is 33.4 Å². The third-order valence-corrected chi connectivity index (χ3v) is 6.37. The number of aryl methyl sites for hydroxylation is 1. The van der Waals surface area contributed by atoms with E-state index in [1.807, 2.05) is 24.4 Å². The number of anilines is 1. The van der Waals surface area contributed by atoms with E-state index in [0.29, 0.717) is 30.6 Å². The van der Waals surface area contributed by atoms with Gasteiger partial charge < -0.3 is 9.64 Å². The van der Waals surface area contributed by atoms with Crippen LogP contribution in [-0.4, -0.2) is 46.0 Å². The molecule has 0 saturated carbocycles. The van der Waals surface area contributed by atoms with Crippen LogP contribution in [0.15, 0.2) is 48.8 Å². The molecule has 3 aromatic heterocycles. The maximum Gasteiger partial charge on any atom is 0.463 e. The maximum absolute atomic E-state index is 11.0. The van der Waals surface area contributed by atoms with Gasteiger partial charge >= 0.3 is 11.7 Å². The van der Waals surface area contributed by atoms with Gasteiger partial charge in [0, 0.05) is 34.1 Å². The quantitative estimate of drug-likeness (QED) is 0.464. The molecule has 7 nitrogen and oxygen atoms in total. The van der Waals surface area contributed by atoms with E-state index in [1.54, 1.807) is 6.20 Å². The summed E-state index contributed by atoms with van der Waals surface area (Å²) in [6.45, 7) is 6.37. The van der Waals surface area contributed by atoms with Gasteiger partial charge in [0.15, 0.2) is 0 Å². The smallest absolute Gasteiger partial charge is 0.377 e. The number of rotatable bonds is 5. The summed E-state index contributed by atoms with van der Waals surface area (Å²) in [4.78, 5) is 12.1. The highest BCUT2D eigenvalue weighted by Gasteiger charge is 2.24. The summed E-state index contributed by atoms with van der Waals surface area (Å²) < 4.78 is 16.6. The van der Waals surface area contributed by atoms with E-state index in [0.717, 1.165) is 56.9 Å². The van der Waals surface area contributed by atoms with Crippen molar-refractivity contribution in [3.63, 3.8) is 0 Å². The molecule has 5 rings (SSSR count). The monoisotopic (exact) mass is 446 g/mol. The van der Waals surface area contributed by atoms with E-state index < -0.39 is 0 Å². The predicted molar refractivity (Wildman–Crippen MR) is 127 cm³/mol. The van der Waals surface area contributed by atoms with Crippen molar-refractivity contribution < 1.29 is 8.95 Å². The normalized spacial score (nSPS) is 16.4. The topological polar surface area (TPSA) is 84.0 Å². The Balaban J connectivity index is 1.77. The molecule has 1 fully saturated rings. The second kappa shape index (κ2) is 8.72. The standard InChI is InChI=1S/C24H24N5O2S/c1-15-12-25-23(20-7-8-26-28-20)24-22(15)19(18-5-3-17(4-6-18)14-32-30)11-21(27-24)29-9-10-31-13-16(29)2/h3-8,11-12,16H,9-10,13-14H2,1-2H3,(H,26,28)/q+1/t16-/m1/s1. The van der Waals surface area contributed by atoms with Crippen LogP contribution in [0.2, 0.25) is 0 Å². The Kier molecular flexibility index (Phi) is 5.63. The van der Waals surface area contributed by atoms with Crippen LogP contribution < -0.4 is 4.90 Å². The average Bonchev–Trinajstić information content (AvgIpc) is 3.34. The number of benzene rings is 1. The van der Waals surface area contributed by atoms with Crippen molar-refractivity contribution in [2.24, 2.45) is 0 Å². The van der Waals surface area contributed by atoms with E-state index in [-0.39, 0.29) is 6.04 Å². The van der Waals surface area contributed by atoms with Crippen LogP contribution in [0, 0.1) is 6.92 Å². The van der Waals surface area contributed by atoms with E-state index in [9.17, 15) is 4.21 Å². The summed E-state index contributed by atoms with van der Waals surface area (Å²) in [5, 5.41) is 8.22. The second-order valence-electron chi connectivity index (χ2n) is 8.09. The zero-order valence-electron chi connectivity index (χ0n) is 18.0. The fraction of sp³-hybridized carbons (Fsp3) is 0.292. The second-order valence-corrected chi connectivity index (χ2v) is 8.61. The van der Waals surface area contributed by atoms with Gasteiger partial charge in [0.05, 0.1) is 24.9 Å². The van der Waals surface area contributed by atoms with Crippen LogP contribution in [0.5, 0.6) is 0 Å². The first-order valence-electron chi connectivity index (χ1n) is 10.6. The third kappa shape index (κ3) is 3.76. The number of pyridine rings is 2. The Hall–Kier alpha value is -3.23. The largest absolute Gasteiger partial charge is 0.463 e. The summed E-state index contributed by atoms with van der Waals surface area (Å²) in [5.74, 6) is 1.37. The van der Waals surface area contributed by atoms with Gasteiger partial charge in [0.1, 0.15) is 17.0 Å². The fourth-order valence-corrected chi connectivity index (χ4v) is 4.59. The number of hydrogen-bond donors (Lipinski definition) is 1. The molecule has 0 unspecified atom stereocenters. The molecule has 1 atom stereocenters. The van der Waals surface area contributed by atoms with Crippen molar-refractivity contribution >= 4 is 28.4 Å². The van der Waals surface area contributed by atoms with Gasteiger partial charge in [-0.1, -0.05) is 24.3 Å². The molecule has 162 valence electrons. The first-order chi connectivity index (χ1) is 15.7. The van der Waals surface area contributed by atoms with Crippen molar-refractivity contribution in [3.05, 3.63) is 59.9 Å². The number of hydrogen-bond acceptors (Lipinski definition) is 6. The van der Waals surface area contributed by atoms with Crippen LogP contribution in [0.1, 0.15) is 18.1 Å². The van der Waals surface area contributed by atoms with E-state index in [4.69, 9.17) is 14.7 Å². The molecule has 4 aromatic rings. The van der Waals surface area contributed by atoms with Crippen LogP contribution in [0.3, 0.4) is 0 Å². The molecule has 32 heavy (non-hydrogen) atoms. The number of fused-ring (bicyclic) bond motifs is 1. The number of aromatic nitrogens is 4. The fourth-order valence-electron chi connectivity index (χ4n) is 4.26. The van der Waals surface area contributed by atoms with E-state index in [2.05, 4.69) is 47.1 Å². The summed E-state index contributed by atoms with van der Waals surface area (Å²) in [6, 6.07) is 12.5. The summed E-state index contributed by atoms with van der Waals surface area (Å²) >= 11 is 0.587. The van der Waals surface area contributed by atoms with Gasteiger partial charge in [-0.25, -0.2) is 4.98 Å². The molecule has 1 aliphatic rings. The molecule has 8 heteroatoms. The lowest BCUT2D eigenvalue weighted by atomic mass is 9.96. The third-order valence-electron chi connectivity index (χ3n) is 5.92. The van der Waals surface area contributed by atoms with Crippen molar-refractivity contribution in [3.8, 4) is 22.5 Å². The Labute approximate surface area is 190 Å². The van der Waals surface area contributed by atoms with E-state index in [1.165, 1.54) is 0 Å². The molecule has 1 N–H and O–H groups in total. The molecule has 4 heterocycles. The minimum absolute atomic E-state index is 0.228. The minimum atomic E-state index is 0.228. The molecular formula is C24H24N5O2S+. The summed E-state index contributed by atoms with van der Waals surface area (Å²) in [5.41, 5.74) is 6.74. The maximum atomic E-state index is 11.0. The SMILES string of the molecule is Cc1cnc(-c2ccn[nH]2)c2nc(N3CCOC[C@H]3C)cc(-c3ccc(C[S+]=O)cc3)c12. The highest BCUT2D eigenvalue weighted by Crippen LogP contribution is 2.37. The summed E-state index contributed by atoms with van der Waals surface area (Å²) in [6.07, 6.45) is 3.62. The van der Waals surface area contributed by atoms with Gasteiger partial charge in [0.2, 0.25) is 0 Å². The Morgan fingerprint density at radius 1 is 1.25 bits per heavy atom. The van der Waals surface area contributed by atoms with Crippen LogP contribution in [-0.2, 0) is 26.4 Å². The number of H-pyrrole nitrogens is 1. The van der Waals surface area contributed by atoms with Crippen molar-refractivity contribution in [2.45, 2.75) is 25.6 Å². The zero-order valence-corrected chi connectivity index (χ0v) is 18.9. The van der Waals surface area contributed by atoms with Crippen LogP contribution >= 0.6 is 0 Å². The van der Waals surface area contributed by atoms with Crippen molar-refractivity contribution in [2.75, 3.05) is 24.7 Å². The predicted octanol–water partition coefficient (Wildman–Crippen LogP) is 4.15. The number of nitrogens with zero attached hydrogens (tertiary/aromatic N) is 4. The molecule has 1 aromatic carbocycles. The van der Waals surface area contributed by atoms with E-state index >= 15 is 0 Å². The Morgan fingerprint density at radius 3 is 2.81 bits per heavy atom. The lowest BCUT2D eigenvalue weighted by Gasteiger charge is -2.34. The Morgan fingerprint density at radius 2 is 2.09 bits per heavy atom. The molecule has 0 amide bonds. The number of aromatic amines is 1.